The number of Topliss-reactive ketones (excluding diaryl/α,β-unsaturated/α-hetero) is 1. The topological polar surface area (TPSA) is 129 Å². The second-order valence-electron chi connectivity index (χ2n) is 10.9. The number of sulfonamides is 1. The van der Waals surface area contributed by atoms with E-state index in [9.17, 15) is 22.7 Å². The zero-order chi connectivity index (χ0) is 32.1. The van der Waals surface area contributed by atoms with Gasteiger partial charge in [-0.05, 0) is 48.0 Å². The molecule has 0 saturated heterocycles. The highest BCUT2D eigenvalue weighted by Gasteiger charge is 2.26. The molecule has 3 aromatic rings. The van der Waals surface area contributed by atoms with E-state index < -0.39 is 86.9 Å². The highest BCUT2D eigenvalue weighted by molar-refractivity contribution is 7.92. The van der Waals surface area contributed by atoms with E-state index in [1.54, 1.807) is 0 Å². The van der Waals surface area contributed by atoms with Crippen molar-refractivity contribution in [1.82, 2.24) is 0 Å². The Balaban J connectivity index is 2.06. The number of halogens is 4. The highest BCUT2D eigenvalue weighted by atomic mass is 32.2. The minimum atomic E-state index is -4.63. The van der Waals surface area contributed by atoms with E-state index in [0.717, 1.165) is 42.4 Å². The second kappa shape index (κ2) is 13.8. The van der Waals surface area contributed by atoms with Gasteiger partial charge in [-0.2, -0.15) is 0 Å². The summed E-state index contributed by atoms with van der Waals surface area (Å²) in [6, 6.07) is 7.01. The number of aliphatic hydroxyl groups is 1. The molecule has 0 unspecified atom stereocenters. The van der Waals surface area contributed by atoms with Crippen LogP contribution >= 0.6 is 0 Å². The van der Waals surface area contributed by atoms with Gasteiger partial charge in [0.15, 0.2) is 17.4 Å². The molecular weight excluding hydrogens is 606 g/mol. The molecule has 4 N–H and O–H groups in total. The summed E-state index contributed by atoms with van der Waals surface area (Å²) in [7, 11) is -6.06. The maximum Gasteiger partial charge on any atom is 0.262 e. The number of benzene rings is 3. The van der Waals surface area contributed by atoms with Crippen LogP contribution in [-0.4, -0.2) is 46.4 Å². The number of hydrogen-bond acceptors (Lipinski definition) is 7. The Hall–Kier alpha value is -3.59. The molecule has 0 aromatic heterocycles. The maximum atomic E-state index is 16.0. The van der Waals surface area contributed by atoms with E-state index in [4.69, 9.17) is 10.1 Å². The second-order valence-corrected chi connectivity index (χ2v) is 18.2. The smallest absolute Gasteiger partial charge is 0.262 e. The monoisotopic (exact) mass is 639 g/mol. The van der Waals surface area contributed by atoms with Crippen molar-refractivity contribution in [1.29, 1.82) is 5.41 Å². The Morgan fingerprint density at radius 1 is 1.02 bits per heavy atom. The van der Waals surface area contributed by atoms with Crippen molar-refractivity contribution in [2.24, 2.45) is 0 Å². The summed E-state index contributed by atoms with van der Waals surface area (Å²) < 4.78 is 94.0. The number of ketones is 1. The number of nitrogens with one attached hydrogen (secondary N) is 3. The molecule has 0 atom stereocenters. The first kappa shape index (κ1) is 33.9. The van der Waals surface area contributed by atoms with Crippen LogP contribution in [0.15, 0.2) is 47.4 Å². The first-order valence-electron chi connectivity index (χ1n) is 13.3. The molecule has 0 fully saturated rings. The van der Waals surface area contributed by atoms with E-state index in [1.807, 2.05) is 4.72 Å². The van der Waals surface area contributed by atoms with Gasteiger partial charge in [-0.1, -0.05) is 32.6 Å². The lowest BCUT2D eigenvalue weighted by Gasteiger charge is -2.19. The summed E-state index contributed by atoms with van der Waals surface area (Å²) in [6.07, 6.45) is -0.0368. The molecule has 0 aliphatic carbocycles. The van der Waals surface area contributed by atoms with Crippen molar-refractivity contribution in [2.75, 3.05) is 23.4 Å². The number of carbonyl (C=O) groups is 1. The number of anilines is 2. The molecule has 232 valence electrons. The van der Waals surface area contributed by atoms with Crippen LogP contribution in [0.5, 0.6) is 0 Å². The zero-order valence-corrected chi connectivity index (χ0v) is 25.9. The van der Waals surface area contributed by atoms with Gasteiger partial charge in [0.05, 0.1) is 28.4 Å². The quantitative estimate of drug-likeness (QED) is 0.0541. The van der Waals surface area contributed by atoms with Gasteiger partial charge in [0.1, 0.15) is 24.1 Å². The average Bonchev–Trinajstić information content (AvgIpc) is 2.94. The third-order valence-corrected chi connectivity index (χ3v) is 9.44. The van der Waals surface area contributed by atoms with Gasteiger partial charge in [0.25, 0.3) is 10.0 Å². The van der Waals surface area contributed by atoms with Crippen LogP contribution in [-0.2, 0) is 26.2 Å². The molecule has 43 heavy (non-hydrogen) atoms. The minimum absolute atomic E-state index is 0.0368. The molecule has 3 aromatic carbocycles. The first-order valence-corrected chi connectivity index (χ1v) is 18.5. The largest absolute Gasteiger partial charge is 0.392 e. The number of carbonyl (C=O) groups excluding carboxylic acids is 1. The van der Waals surface area contributed by atoms with E-state index >= 15 is 13.2 Å². The van der Waals surface area contributed by atoms with Crippen LogP contribution in [0.3, 0.4) is 0 Å². The first-order chi connectivity index (χ1) is 20.1. The lowest BCUT2D eigenvalue weighted by atomic mass is 9.96. The van der Waals surface area contributed by atoms with Gasteiger partial charge in [0.2, 0.25) is 0 Å². The normalized spacial score (nSPS) is 11.8. The van der Waals surface area contributed by atoms with Gasteiger partial charge in [-0.25, -0.2) is 26.0 Å². The lowest BCUT2D eigenvalue weighted by Crippen LogP contribution is -2.23. The molecule has 0 aliphatic heterocycles. The van der Waals surface area contributed by atoms with E-state index in [-0.39, 0.29) is 24.3 Å². The SMILES string of the molecule is CCC(=O)C(=N)c1ccc(-c2c(F)ccc(NS(=O)(=O)c3cc(F)cc(CO)c3)c2F)c(F)c1NCOCC[Si](C)(C)C. The Kier molecular flexibility index (Phi) is 10.9. The Bertz CT molecular complexity index is 1650. The van der Waals surface area contributed by atoms with E-state index in [0.29, 0.717) is 12.7 Å². The van der Waals surface area contributed by atoms with Crippen molar-refractivity contribution < 1.29 is 40.6 Å². The van der Waals surface area contributed by atoms with E-state index in [1.165, 1.54) is 6.92 Å². The van der Waals surface area contributed by atoms with Crippen LogP contribution in [0.2, 0.25) is 25.7 Å². The van der Waals surface area contributed by atoms with Crippen molar-refractivity contribution in [3.8, 4) is 11.1 Å². The molecule has 0 radical (unpaired) electrons. The molecular formula is C29H33F4N3O5SSi. The third kappa shape index (κ3) is 8.28. The maximum absolute atomic E-state index is 16.0. The van der Waals surface area contributed by atoms with Crippen molar-refractivity contribution in [3.05, 3.63) is 76.9 Å². The van der Waals surface area contributed by atoms with Crippen LogP contribution in [0.1, 0.15) is 24.5 Å². The van der Waals surface area contributed by atoms with Gasteiger partial charge in [-0.15, -0.1) is 0 Å². The summed E-state index contributed by atoms with van der Waals surface area (Å²) in [5.41, 5.74) is -3.40. The molecule has 0 bridgehead atoms. The van der Waals surface area contributed by atoms with Crippen LogP contribution < -0.4 is 10.0 Å². The molecule has 0 aliphatic rings. The summed E-state index contributed by atoms with van der Waals surface area (Å²) in [5, 5.41) is 20.2. The Morgan fingerprint density at radius 3 is 2.35 bits per heavy atom. The van der Waals surface area contributed by atoms with Crippen molar-refractivity contribution >= 4 is 41.0 Å². The highest BCUT2D eigenvalue weighted by Crippen LogP contribution is 2.37. The fourth-order valence-electron chi connectivity index (χ4n) is 4.00. The number of hydrogen-bond donors (Lipinski definition) is 4. The Labute approximate surface area is 248 Å². The zero-order valence-electron chi connectivity index (χ0n) is 24.1. The predicted molar refractivity (Wildman–Crippen MR) is 160 cm³/mol. The van der Waals surface area contributed by atoms with Crippen molar-refractivity contribution in [2.45, 2.75) is 50.5 Å². The fourth-order valence-corrected chi connectivity index (χ4v) is 5.90. The minimum Gasteiger partial charge on any atom is -0.392 e. The summed E-state index contributed by atoms with van der Waals surface area (Å²) in [4.78, 5) is 11.6. The Morgan fingerprint density at radius 2 is 1.72 bits per heavy atom. The standard InChI is InChI=1S/C29H33F4N3O5SSi/c1-5-24(38)28(34)21-7-6-20(26(32)29(21)35-16-41-10-11-43(2,3)4)25-22(31)8-9-23(27(25)33)36-42(39,40)19-13-17(15-37)12-18(30)14-19/h6-9,12-14,34-37H,5,10-11,15-16H2,1-4H3. The predicted octanol–water partition coefficient (Wildman–Crippen LogP) is 6.27. The molecule has 0 saturated carbocycles. The molecule has 8 nitrogen and oxygen atoms in total. The molecule has 0 heterocycles. The van der Waals surface area contributed by atoms with Crippen LogP contribution in [0.4, 0.5) is 28.9 Å². The molecule has 0 spiro atoms. The fraction of sp³-hybridized carbons (Fsp3) is 0.310. The summed E-state index contributed by atoms with van der Waals surface area (Å²) >= 11 is 0. The van der Waals surface area contributed by atoms with Gasteiger partial charge in [0, 0.05) is 32.2 Å². The molecule has 14 heteroatoms. The average molecular weight is 640 g/mol. The van der Waals surface area contributed by atoms with Crippen LogP contribution in [0.25, 0.3) is 11.1 Å². The van der Waals surface area contributed by atoms with Crippen LogP contribution in [0, 0.1) is 28.7 Å². The van der Waals surface area contributed by atoms with Gasteiger partial charge >= 0.3 is 0 Å². The molecule has 3 rings (SSSR count). The van der Waals surface area contributed by atoms with Gasteiger partial charge in [-0.3, -0.25) is 14.9 Å². The molecule has 0 amide bonds. The summed E-state index contributed by atoms with van der Waals surface area (Å²) in [6.45, 7) is 7.44. The van der Waals surface area contributed by atoms with Crippen molar-refractivity contribution in [3.63, 3.8) is 0 Å². The lowest BCUT2D eigenvalue weighted by molar-refractivity contribution is -0.112. The third-order valence-electron chi connectivity index (χ3n) is 6.39. The number of rotatable bonds is 14. The number of aliphatic hydroxyl groups excluding tert-OH is 1. The van der Waals surface area contributed by atoms with E-state index in [2.05, 4.69) is 25.0 Å². The van der Waals surface area contributed by atoms with Gasteiger partial charge < -0.3 is 15.2 Å². The summed E-state index contributed by atoms with van der Waals surface area (Å²) in [5.74, 6) is -5.45. The number of ether oxygens (including phenoxy) is 1.